The first-order chi connectivity index (χ1) is 26.2. The number of carbonyl (C=O) groups excluding carboxylic acids is 1. The van der Waals surface area contributed by atoms with E-state index in [1.54, 1.807) is 24.3 Å². The number of imidazole rings is 1. The first-order valence-corrected chi connectivity index (χ1v) is 18.8. The van der Waals surface area contributed by atoms with E-state index in [0.717, 1.165) is 40.8 Å². The number of ether oxygens (including phenoxy) is 1. The molecule has 2 heterocycles. The topological polar surface area (TPSA) is 152 Å². The van der Waals surface area contributed by atoms with Gasteiger partial charge in [0.1, 0.15) is 18.2 Å². The molecule has 54 heavy (non-hydrogen) atoms. The fraction of sp³-hybridized carbons (Fsp3) is 0.349. The summed E-state index contributed by atoms with van der Waals surface area (Å²) < 4.78 is 7.35. The molecule has 0 unspecified atom stereocenters. The molecule has 0 atom stereocenters. The number of carboxylic acids is 2. The van der Waals surface area contributed by atoms with E-state index in [2.05, 4.69) is 17.7 Å². The number of nitrogens with zero attached hydrogens (tertiary/aromatic N) is 2. The third kappa shape index (κ3) is 10.9. The maximum Gasteiger partial charge on any atom is 0.341 e. The van der Waals surface area contributed by atoms with Crippen LogP contribution >= 0.6 is 0 Å². The third-order valence-electron chi connectivity index (χ3n) is 9.41. The van der Waals surface area contributed by atoms with Gasteiger partial charge in [-0.25, -0.2) is 14.6 Å². The number of hydrogen-bond donors (Lipinski definition) is 4. The lowest BCUT2D eigenvalue weighted by molar-refractivity contribution is -0.139. The van der Waals surface area contributed by atoms with E-state index < -0.39 is 18.5 Å². The van der Waals surface area contributed by atoms with Gasteiger partial charge in [-0.05, 0) is 42.3 Å². The summed E-state index contributed by atoms with van der Waals surface area (Å²) in [6.45, 7) is 2.45. The molecule has 0 radical (unpaired) electrons. The lowest BCUT2D eigenvalue weighted by Gasteiger charge is -2.10. The third-order valence-corrected chi connectivity index (χ3v) is 9.41. The van der Waals surface area contributed by atoms with Crippen molar-refractivity contribution in [2.24, 2.45) is 7.05 Å². The van der Waals surface area contributed by atoms with Crippen LogP contribution in [0.1, 0.15) is 82.3 Å². The minimum absolute atomic E-state index is 0.0279. The standard InChI is InChI=1S/C43H50N4O7/c1-3-4-5-6-7-8-9-10-11-12-27-44-37(48)26-15-30-13-16-33(17-14-30)41-40(32-22-24-35(25-23-32)53-29-38(49)50)45-42(47(41)2)34-20-18-31(19-21-34)39-36(43(51)52)28-54-46-39/h13-26,46H,3-12,27-29H2,1-2H3,(H,44,48)(H,49,50)(H,51,52). The zero-order chi connectivity index (χ0) is 38.3. The number of hydroxylamine groups is 1. The molecule has 4 N–H and O–H groups in total. The number of rotatable bonds is 21. The molecular formula is C43H50N4O7. The van der Waals surface area contributed by atoms with Crippen molar-refractivity contribution in [2.45, 2.75) is 71.1 Å². The summed E-state index contributed by atoms with van der Waals surface area (Å²) in [5.41, 5.74) is 8.91. The summed E-state index contributed by atoms with van der Waals surface area (Å²) in [5.74, 6) is -1.10. The van der Waals surface area contributed by atoms with E-state index in [1.807, 2.05) is 72.3 Å². The molecule has 1 aliphatic heterocycles. The van der Waals surface area contributed by atoms with Crippen LogP contribution in [0.15, 0.2) is 84.4 Å². The predicted octanol–water partition coefficient (Wildman–Crippen LogP) is 8.27. The van der Waals surface area contributed by atoms with Crippen molar-refractivity contribution in [3.63, 3.8) is 0 Å². The van der Waals surface area contributed by atoms with E-state index in [4.69, 9.17) is 19.7 Å². The number of hydrogen-bond acceptors (Lipinski definition) is 7. The van der Waals surface area contributed by atoms with Crippen LogP contribution in [0.5, 0.6) is 5.75 Å². The van der Waals surface area contributed by atoms with E-state index in [0.29, 0.717) is 35.1 Å². The normalized spacial score (nSPS) is 12.6. The second-order valence-corrected chi connectivity index (χ2v) is 13.5. The number of aromatic nitrogens is 2. The predicted molar refractivity (Wildman–Crippen MR) is 210 cm³/mol. The van der Waals surface area contributed by atoms with Gasteiger partial charge in [0.15, 0.2) is 6.61 Å². The average Bonchev–Trinajstić information content (AvgIpc) is 3.81. The molecule has 0 aliphatic carbocycles. The second kappa shape index (κ2) is 20.0. The van der Waals surface area contributed by atoms with Gasteiger partial charge in [0.05, 0.1) is 22.7 Å². The number of carboxylic acid groups (broad SMARTS) is 2. The number of benzene rings is 3. The monoisotopic (exact) mass is 734 g/mol. The van der Waals surface area contributed by atoms with Crippen LogP contribution in [-0.4, -0.2) is 57.4 Å². The molecule has 0 fully saturated rings. The van der Waals surface area contributed by atoms with Crippen molar-refractivity contribution in [1.29, 1.82) is 0 Å². The van der Waals surface area contributed by atoms with Crippen molar-refractivity contribution in [3.05, 3.63) is 95.6 Å². The fourth-order valence-corrected chi connectivity index (χ4v) is 6.45. The fourth-order valence-electron chi connectivity index (χ4n) is 6.45. The van der Waals surface area contributed by atoms with Crippen LogP contribution in [0.25, 0.3) is 45.7 Å². The number of aliphatic carboxylic acids is 2. The van der Waals surface area contributed by atoms with E-state index in [1.165, 1.54) is 51.4 Å². The highest BCUT2D eigenvalue weighted by Gasteiger charge is 2.23. The highest BCUT2D eigenvalue weighted by molar-refractivity contribution is 5.97. The van der Waals surface area contributed by atoms with Crippen LogP contribution in [0.3, 0.4) is 0 Å². The van der Waals surface area contributed by atoms with Crippen molar-refractivity contribution >= 4 is 29.6 Å². The minimum Gasteiger partial charge on any atom is -0.482 e. The molecule has 1 amide bonds. The van der Waals surface area contributed by atoms with Gasteiger partial charge in [-0.2, -0.15) is 0 Å². The largest absolute Gasteiger partial charge is 0.482 e. The molecular weight excluding hydrogens is 684 g/mol. The van der Waals surface area contributed by atoms with Crippen molar-refractivity contribution < 1.29 is 34.2 Å². The molecule has 0 bridgehead atoms. The van der Waals surface area contributed by atoms with Crippen molar-refractivity contribution in [1.82, 2.24) is 20.3 Å². The van der Waals surface area contributed by atoms with Gasteiger partial charge < -0.3 is 24.8 Å². The Morgan fingerprint density at radius 1 is 0.815 bits per heavy atom. The Bertz CT molecular complexity index is 1930. The van der Waals surface area contributed by atoms with Gasteiger partial charge in [0.25, 0.3) is 0 Å². The maximum atomic E-state index is 12.5. The zero-order valence-electron chi connectivity index (χ0n) is 31.1. The van der Waals surface area contributed by atoms with Gasteiger partial charge in [-0.15, -0.1) is 0 Å². The van der Waals surface area contributed by atoms with Crippen LogP contribution in [0.2, 0.25) is 0 Å². The van der Waals surface area contributed by atoms with Gasteiger partial charge in [0, 0.05) is 41.9 Å². The lowest BCUT2D eigenvalue weighted by Crippen LogP contribution is -2.21. The summed E-state index contributed by atoms with van der Waals surface area (Å²) in [7, 11) is 1.93. The van der Waals surface area contributed by atoms with Crippen LogP contribution < -0.4 is 15.5 Å². The second-order valence-electron chi connectivity index (χ2n) is 13.5. The number of nitrogens with one attached hydrogen (secondary N) is 2. The summed E-state index contributed by atoms with van der Waals surface area (Å²) in [5, 5.41) is 21.5. The Kier molecular flexibility index (Phi) is 14.6. The molecule has 5 rings (SSSR count). The van der Waals surface area contributed by atoms with Crippen molar-refractivity contribution in [2.75, 3.05) is 19.8 Å². The molecule has 11 nitrogen and oxygen atoms in total. The lowest BCUT2D eigenvalue weighted by atomic mass is 10.0. The Labute approximate surface area is 316 Å². The average molecular weight is 735 g/mol. The Balaban J connectivity index is 1.28. The highest BCUT2D eigenvalue weighted by atomic mass is 16.7. The molecule has 0 saturated heterocycles. The van der Waals surface area contributed by atoms with Gasteiger partial charge >= 0.3 is 11.9 Å². The quantitative estimate of drug-likeness (QED) is 0.0490. The first kappa shape index (κ1) is 39.5. The van der Waals surface area contributed by atoms with E-state index >= 15 is 0 Å². The van der Waals surface area contributed by atoms with Gasteiger partial charge in [0.2, 0.25) is 5.91 Å². The molecule has 0 spiro atoms. The van der Waals surface area contributed by atoms with E-state index in [-0.39, 0.29) is 18.1 Å². The molecule has 284 valence electrons. The molecule has 4 aromatic rings. The molecule has 1 aliphatic rings. The minimum atomic E-state index is -1.06. The zero-order valence-corrected chi connectivity index (χ0v) is 31.1. The van der Waals surface area contributed by atoms with Crippen molar-refractivity contribution in [3.8, 4) is 39.7 Å². The molecule has 1 aromatic heterocycles. The summed E-state index contributed by atoms with van der Waals surface area (Å²) >= 11 is 0. The Morgan fingerprint density at radius 2 is 1.41 bits per heavy atom. The summed E-state index contributed by atoms with van der Waals surface area (Å²) in [4.78, 5) is 45.4. The Hall–Kier alpha value is -5.68. The highest BCUT2D eigenvalue weighted by Crippen LogP contribution is 2.37. The van der Waals surface area contributed by atoms with Gasteiger partial charge in [-0.1, -0.05) is 113 Å². The maximum absolute atomic E-state index is 12.5. The summed E-state index contributed by atoms with van der Waals surface area (Å²) in [6, 6.07) is 22.4. The number of unbranched alkanes of at least 4 members (excludes halogenated alkanes) is 9. The Morgan fingerprint density at radius 3 is 2.04 bits per heavy atom. The SMILES string of the molecule is CCCCCCCCCCCCNC(=O)C=Cc1ccc(-c2c(-c3ccc(OCC(=O)O)cc3)nc(-c3ccc(C4=C(C(=O)O)CON4)cc3)n2C)cc1. The number of amides is 1. The van der Waals surface area contributed by atoms with Crippen LogP contribution in [0.4, 0.5) is 0 Å². The number of carbonyl (C=O) groups is 3. The smallest absolute Gasteiger partial charge is 0.341 e. The first-order valence-electron chi connectivity index (χ1n) is 18.8. The van der Waals surface area contributed by atoms with Crippen LogP contribution in [-0.2, 0) is 26.3 Å². The van der Waals surface area contributed by atoms with Gasteiger partial charge in [-0.3, -0.25) is 15.1 Å². The van der Waals surface area contributed by atoms with E-state index in [9.17, 15) is 19.5 Å². The molecule has 3 aromatic carbocycles. The molecule has 11 heteroatoms. The van der Waals surface area contributed by atoms with Crippen LogP contribution in [0, 0.1) is 0 Å². The summed E-state index contributed by atoms with van der Waals surface area (Å²) in [6.07, 6.45) is 15.9. The molecule has 0 saturated carbocycles.